The molecule has 0 radical (unpaired) electrons. The minimum absolute atomic E-state index is 0.0356. The third-order valence-electron chi connectivity index (χ3n) is 2.11. The van der Waals surface area contributed by atoms with Gasteiger partial charge in [-0.15, -0.1) is 0 Å². The molecule has 0 aromatic rings. The third kappa shape index (κ3) is 2.73. The zero-order chi connectivity index (χ0) is 9.14. The van der Waals surface area contributed by atoms with Crippen molar-refractivity contribution in [2.45, 2.75) is 45.6 Å². The van der Waals surface area contributed by atoms with E-state index in [0.29, 0.717) is 12.5 Å². The van der Waals surface area contributed by atoms with Crippen molar-refractivity contribution < 1.29 is 9.47 Å². The van der Waals surface area contributed by atoms with E-state index in [-0.39, 0.29) is 18.4 Å². The van der Waals surface area contributed by atoms with Crippen molar-refractivity contribution in [1.82, 2.24) is 0 Å². The van der Waals surface area contributed by atoms with E-state index in [1.165, 1.54) is 0 Å². The number of ether oxygens (including phenoxy) is 2. The van der Waals surface area contributed by atoms with E-state index in [2.05, 4.69) is 13.8 Å². The van der Waals surface area contributed by atoms with Gasteiger partial charge in [0.1, 0.15) is 0 Å². The van der Waals surface area contributed by atoms with Crippen LogP contribution < -0.4 is 5.73 Å². The maximum absolute atomic E-state index is 5.72. The molecule has 1 aliphatic heterocycles. The second-order valence-corrected chi connectivity index (χ2v) is 3.90. The average Bonchev–Trinajstić information content (AvgIpc) is 1.96. The van der Waals surface area contributed by atoms with Crippen LogP contribution in [0.5, 0.6) is 0 Å². The van der Waals surface area contributed by atoms with Gasteiger partial charge in [-0.1, -0.05) is 13.8 Å². The smallest absolute Gasteiger partial charge is 0.158 e. The Hall–Kier alpha value is -0.120. The summed E-state index contributed by atoms with van der Waals surface area (Å²) in [5, 5.41) is 0. The predicted octanol–water partition coefficient (Wildman–Crippen LogP) is 1.12. The quantitative estimate of drug-likeness (QED) is 0.680. The maximum atomic E-state index is 5.72. The van der Waals surface area contributed by atoms with Crippen LogP contribution in [0.2, 0.25) is 0 Å². The van der Waals surface area contributed by atoms with Gasteiger partial charge in [-0.05, 0) is 12.8 Å². The van der Waals surface area contributed by atoms with Crippen LogP contribution in [0, 0.1) is 5.92 Å². The van der Waals surface area contributed by atoms with Gasteiger partial charge in [0, 0.05) is 6.42 Å². The molecule has 2 N–H and O–H groups in total. The second-order valence-electron chi connectivity index (χ2n) is 3.90. The van der Waals surface area contributed by atoms with Gasteiger partial charge in [0.05, 0.1) is 18.8 Å². The van der Waals surface area contributed by atoms with E-state index in [1.807, 2.05) is 6.92 Å². The highest BCUT2D eigenvalue weighted by molar-refractivity contribution is 4.73. The first kappa shape index (κ1) is 9.96. The molecule has 0 aromatic carbocycles. The van der Waals surface area contributed by atoms with E-state index in [9.17, 15) is 0 Å². The second kappa shape index (κ2) is 4.21. The summed E-state index contributed by atoms with van der Waals surface area (Å²) in [6.45, 7) is 6.94. The first-order valence-corrected chi connectivity index (χ1v) is 4.62. The maximum Gasteiger partial charge on any atom is 0.158 e. The predicted molar refractivity (Wildman–Crippen MR) is 47.7 cm³/mol. The van der Waals surface area contributed by atoms with Crippen molar-refractivity contribution in [3.05, 3.63) is 0 Å². The van der Waals surface area contributed by atoms with Crippen molar-refractivity contribution >= 4 is 0 Å². The minimum atomic E-state index is -0.0419. The summed E-state index contributed by atoms with van der Waals surface area (Å²) < 4.78 is 11.0. The Balaban J connectivity index is 2.30. The van der Waals surface area contributed by atoms with Crippen LogP contribution in [-0.4, -0.2) is 25.0 Å². The lowest BCUT2D eigenvalue weighted by molar-refractivity contribution is -0.220. The van der Waals surface area contributed by atoms with Gasteiger partial charge in [0.15, 0.2) is 6.29 Å². The van der Waals surface area contributed by atoms with Gasteiger partial charge < -0.3 is 15.2 Å². The molecular formula is C9H19NO2. The van der Waals surface area contributed by atoms with E-state index < -0.39 is 0 Å². The Morgan fingerprint density at radius 2 is 2.17 bits per heavy atom. The Morgan fingerprint density at radius 1 is 1.50 bits per heavy atom. The topological polar surface area (TPSA) is 44.5 Å². The lowest BCUT2D eigenvalue weighted by Gasteiger charge is -2.33. The van der Waals surface area contributed by atoms with Crippen molar-refractivity contribution in [2.75, 3.05) is 6.61 Å². The number of nitrogens with two attached hydrogens (primary N) is 1. The van der Waals surface area contributed by atoms with Gasteiger partial charge >= 0.3 is 0 Å². The highest BCUT2D eigenvalue weighted by Gasteiger charge is 2.26. The molecule has 12 heavy (non-hydrogen) atoms. The first-order chi connectivity index (χ1) is 5.59. The molecular weight excluding hydrogens is 154 g/mol. The van der Waals surface area contributed by atoms with Crippen molar-refractivity contribution in [1.29, 1.82) is 0 Å². The molecule has 0 aromatic heterocycles. The van der Waals surface area contributed by atoms with Crippen LogP contribution >= 0.6 is 0 Å². The highest BCUT2D eigenvalue weighted by atomic mass is 16.7. The number of hydrogen-bond donors (Lipinski definition) is 1. The summed E-state index contributed by atoms with van der Waals surface area (Å²) in [5.74, 6) is 0.608. The molecule has 1 rings (SSSR count). The number of hydrogen-bond acceptors (Lipinski definition) is 3. The van der Waals surface area contributed by atoms with Gasteiger partial charge in [-0.2, -0.15) is 0 Å². The fourth-order valence-electron chi connectivity index (χ4n) is 1.24. The Kier molecular flexibility index (Phi) is 3.50. The number of rotatable bonds is 2. The van der Waals surface area contributed by atoms with Gasteiger partial charge in [0.25, 0.3) is 0 Å². The van der Waals surface area contributed by atoms with Crippen molar-refractivity contribution in [3.8, 4) is 0 Å². The van der Waals surface area contributed by atoms with Gasteiger partial charge in [0.2, 0.25) is 0 Å². The van der Waals surface area contributed by atoms with E-state index in [4.69, 9.17) is 15.2 Å². The largest absolute Gasteiger partial charge is 0.351 e. The third-order valence-corrected chi connectivity index (χ3v) is 2.11. The van der Waals surface area contributed by atoms with Crippen LogP contribution in [0.1, 0.15) is 27.2 Å². The fraction of sp³-hybridized carbons (Fsp3) is 1.00. The molecule has 3 heteroatoms. The minimum Gasteiger partial charge on any atom is -0.351 e. The van der Waals surface area contributed by atoms with Crippen LogP contribution in [0.3, 0.4) is 0 Å². The molecule has 72 valence electrons. The lowest BCUT2D eigenvalue weighted by Crippen LogP contribution is -2.47. The molecule has 0 bridgehead atoms. The summed E-state index contributed by atoms with van der Waals surface area (Å²) >= 11 is 0. The monoisotopic (exact) mass is 173 g/mol. The molecule has 0 saturated carbocycles. The van der Waals surface area contributed by atoms with E-state index in [1.54, 1.807) is 0 Å². The molecule has 3 nitrogen and oxygen atoms in total. The Labute approximate surface area is 74.2 Å². The lowest BCUT2D eigenvalue weighted by atomic mass is 10.1. The Morgan fingerprint density at radius 3 is 2.67 bits per heavy atom. The van der Waals surface area contributed by atoms with Crippen LogP contribution in [-0.2, 0) is 9.47 Å². The zero-order valence-corrected chi connectivity index (χ0v) is 8.12. The summed E-state index contributed by atoms with van der Waals surface area (Å²) in [6.07, 6.45) is 1.04. The molecule has 1 heterocycles. The fourth-order valence-corrected chi connectivity index (χ4v) is 1.24. The molecule has 0 amide bonds. The molecule has 0 spiro atoms. The van der Waals surface area contributed by atoms with Crippen molar-refractivity contribution in [2.24, 2.45) is 11.7 Å². The zero-order valence-electron chi connectivity index (χ0n) is 8.12. The summed E-state index contributed by atoms with van der Waals surface area (Å²) in [7, 11) is 0. The molecule has 1 aliphatic rings. The highest BCUT2D eigenvalue weighted by Crippen LogP contribution is 2.17. The molecule has 3 unspecified atom stereocenters. The molecule has 1 saturated heterocycles. The van der Waals surface area contributed by atoms with E-state index >= 15 is 0 Å². The summed E-state index contributed by atoms with van der Waals surface area (Å²) in [6, 6.07) is 0.0356. The standard InChI is InChI=1S/C9H19NO2/c1-6(2)4-9-11-5-8(10)7(3)12-9/h6-9H,4-5,10H2,1-3H3. The van der Waals surface area contributed by atoms with Crippen LogP contribution in [0.4, 0.5) is 0 Å². The van der Waals surface area contributed by atoms with E-state index in [0.717, 1.165) is 6.42 Å². The first-order valence-electron chi connectivity index (χ1n) is 4.62. The van der Waals surface area contributed by atoms with Gasteiger partial charge in [-0.3, -0.25) is 0 Å². The average molecular weight is 173 g/mol. The van der Waals surface area contributed by atoms with Crippen LogP contribution in [0.25, 0.3) is 0 Å². The van der Waals surface area contributed by atoms with Crippen LogP contribution in [0.15, 0.2) is 0 Å². The Bertz CT molecular complexity index is 138. The molecule has 1 fully saturated rings. The molecule has 3 atom stereocenters. The SMILES string of the molecule is CC(C)CC1OCC(N)C(C)O1. The molecule has 0 aliphatic carbocycles. The normalized spacial score (nSPS) is 37.2. The van der Waals surface area contributed by atoms with Crippen molar-refractivity contribution in [3.63, 3.8) is 0 Å². The summed E-state index contributed by atoms with van der Waals surface area (Å²) in [5.41, 5.74) is 5.72. The summed E-state index contributed by atoms with van der Waals surface area (Å²) in [4.78, 5) is 0. The van der Waals surface area contributed by atoms with Gasteiger partial charge in [-0.25, -0.2) is 0 Å².